The lowest BCUT2D eigenvalue weighted by molar-refractivity contribution is 0.282. The molecule has 0 bridgehead atoms. The number of benzene rings is 1. The zero-order chi connectivity index (χ0) is 11.5. The number of aliphatic hydroxyl groups is 1. The van der Waals surface area contributed by atoms with Crippen molar-refractivity contribution in [2.24, 2.45) is 0 Å². The fraction of sp³-hybridized carbons (Fsp3) is 0.429. The van der Waals surface area contributed by atoms with Crippen LogP contribution in [-0.4, -0.2) is 18.2 Å². The first kappa shape index (κ1) is 11.2. The van der Waals surface area contributed by atoms with Crippen molar-refractivity contribution in [2.45, 2.75) is 26.9 Å². The molecule has 1 aromatic carbocycles. The molecule has 0 aliphatic carbocycles. The van der Waals surface area contributed by atoms with Gasteiger partial charge in [0.15, 0.2) is 0 Å². The summed E-state index contributed by atoms with van der Waals surface area (Å²) in [6.07, 6.45) is 3.40. The molecule has 0 radical (unpaired) electrons. The predicted octanol–water partition coefficient (Wildman–Crippen LogP) is 2.64. The average Bonchev–Trinajstić information content (AvgIpc) is 2.28. The van der Waals surface area contributed by atoms with E-state index in [2.05, 4.69) is 43.0 Å². The van der Waals surface area contributed by atoms with E-state index in [4.69, 9.17) is 0 Å². The van der Waals surface area contributed by atoms with Crippen LogP contribution in [0.1, 0.15) is 24.5 Å². The molecule has 0 amide bonds. The Bertz CT molecular complexity index is 409. The van der Waals surface area contributed by atoms with Crippen molar-refractivity contribution in [3.63, 3.8) is 0 Å². The predicted molar refractivity (Wildman–Crippen MR) is 67.7 cm³/mol. The van der Waals surface area contributed by atoms with Gasteiger partial charge in [0.1, 0.15) is 0 Å². The number of rotatable bonds is 2. The van der Waals surface area contributed by atoms with Gasteiger partial charge in [-0.15, -0.1) is 0 Å². The van der Waals surface area contributed by atoms with Gasteiger partial charge in [-0.3, -0.25) is 0 Å². The van der Waals surface area contributed by atoms with E-state index in [1.807, 2.05) is 0 Å². The summed E-state index contributed by atoms with van der Waals surface area (Å²) in [6.45, 7) is 6.38. The molecule has 1 aliphatic heterocycles. The molecular formula is C14H19NO. The third-order valence-electron chi connectivity index (χ3n) is 3.08. The molecule has 16 heavy (non-hydrogen) atoms. The Hall–Kier alpha value is -1.28. The van der Waals surface area contributed by atoms with Gasteiger partial charge in [0.25, 0.3) is 0 Å². The van der Waals surface area contributed by atoms with Gasteiger partial charge in [-0.2, -0.15) is 0 Å². The van der Waals surface area contributed by atoms with Crippen molar-refractivity contribution in [1.82, 2.24) is 0 Å². The standard InChI is InChI=1S/C14H19NO/c1-11-5-6-14(13(8-11)10-16)15-7-3-4-12(2)9-15/h4-6,8,16H,3,7,9-10H2,1-2H3. The molecule has 2 rings (SSSR count). The van der Waals surface area contributed by atoms with Crippen molar-refractivity contribution in [1.29, 1.82) is 0 Å². The maximum absolute atomic E-state index is 9.40. The molecule has 1 N–H and O–H groups in total. The van der Waals surface area contributed by atoms with Gasteiger partial charge in [0.05, 0.1) is 6.61 Å². The summed E-state index contributed by atoms with van der Waals surface area (Å²) < 4.78 is 0. The quantitative estimate of drug-likeness (QED) is 0.770. The molecule has 0 fully saturated rings. The Kier molecular flexibility index (Phi) is 3.30. The third kappa shape index (κ3) is 2.27. The van der Waals surface area contributed by atoms with E-state index in [0.717, 1.165) is 25.1 Å². The minimum Gasteiger partial charge on any atom is -0.392 e. The van der Waals surface area contributed by atoms with Gasteiger partial charge >= 0.3 is 0 Å². The number of anilines is 1. The summed E-state index contributed by atoms with van der Waals surface area (Å²) in [5.41, 5.74) is 4.84. The van der Waals surface area contributed by atoms with Gasteiger partial charge in [-0.25, -0.2) is 0 Å². The monoisotopic (exact) mass is 217 g/mol. The van der Waals surface area contributed by atoms with Crippen LogP contribution in [0, 0.1) is 6.92 Å². The van der Waals surface area contributed by atoms with E-state index in [1.165, 1.54) is 16.8 Å². The Labute approximate surface area is 97.2 Å². The van der Waals surface area contributed by atoms with Crippen molar-refractivity contribution in [3.05, 3.63) is 41.0 Å². The number of hydrogen-bond donors (Lipinski definition) is 1. The molecule has 2 nitrogen and oxygen atoms in total. The lowest BCUT2D eigenvalue weighted by Crippen LogP contribution is -2.30. The van der Waals surface area contributed by atoms with Crippen molar-refractivity contribution < 1.29 is 5.11 Å². The van der Waals surface area contributed by atoms with Crippen LogP contribution in [0.5, 0.6) is 0 Å². The Balaban J connectivity index is 2.29. The highest BCUT2D eigenvalue weighted by atomic mass is 16.3. The lowest BCUT2D eigenvalue weighted by Gasteiger charge is -2.30. The molecule has 2 heteroatoms. The van der Waals surface area contributed by atoms with E-state index in [1.54, 1.807) is 0 Å². The topological polar surface area (TPSA) is 23.5 Å². The van der Waals surface area contributed by atoms with Crippen molar-refractivity contribution in [3.8, 4) is 0 Å². The van der Waals surface area contributed by atoms with Gasteiger partial charge in [0, 0.05) is 24.3 Å². The average molecular weight is 217 g/mol. The molecule has 0 spiro atoms. The van der Waals surface area contributed by atoms with E-state index in [0.29, 0.717) is 0 Å². The SMILES string of the molecule is CC1=CCCN(c2ccc(C)cc2CO)C1. The van der Waals surface area contributed by atoms with Crippen LogP contribution in [-0.2, 0) is 6.61 Å². The zero-order valence-electron chi connectivity index (χ0n) is 10.0. The first-order valence-electron chi connectivity index (χ1n) is 5.81. The molecule has 0 aromatic heterocycles. The first-order valence-corrected chi connectivity index (χ1v) is 5.81. The second-order valence-electron chi connectivity index (χ2n) is 4.55. The minimum absolute atomic E-state index is 0.121. The van der Waals surface area contributed by atoms with Crippen LogP contribution in [0.25, 0.3) is 0 Å². The number of aliphatic hydroxyl groups excluding tert-OH is 1. The number of aryl methyl sites for hydroxylation is 1. The molecule has 0 unspecified atom stereocenters. The van der Waals surface area contributed by atoms with Crippen molar-refractivity contribution >= 4 is 5.69 Å². The molecule has 1 aromatic rings. The highest BCUT2D eigenvalue weighted by Gasteiger charge is 2.13. The second kappa shape index (κ2) is 4.71. The maximum Gasteiger partial charge on any atom is 0.0702 e. The van der Waals surface area contributed by atoms with Crippen molar-refractivity contribution in [2.75, 3.05) is 18.0 Å². The van der Waals surface area contributed by atoms with Gasteiger partial charge in [0.2, 0.25) is 0 Å². The summed E-state index contributed by atoms with van der Waals surface area (Å²) in [5.74, 6) is 0. The van der Waals surface area contributed by atoms with Crippen LogP contribution in [0.15, 0.2) is 29.8 Å². The molecule has 1 aliphatic rings. The summed E-state index contributed by atoms with van der Waals surface area (Å²) in [4.78, 5) is 2.35. The Morgan fingerprint density at radius 1 is 1.31 bits per heavy atom. The lowest BCUT2D eigenvalue weighted by atomic mass is 10.1. The molecule has 0 saturated carbocycles. The van der Waals surface area contributed by atoms with E-state index < -0.39 is 0 Å². The van der Waals surface area contributed by atoms with Crippen LogP contribution in [0.3, 0.4) is 0 Å². The number of nitrogens with zero attached hydrogens (tertiary/aromatic N) is 1. The van der Waals surface area contributed by atoms with E-state index in [-0.39, 0.29) is 6.61 Å². The first-order chi connectivity index (χ1) is 7.70. The minimum atomic E-state index is 0.121. The smallest absolute Gasteiger partial charge is 0.0702 e. The largest absolute Gasteiger partial charge is 0.392 e. The van der Waals surface area contributed by atoms with Crippen LogP contribution < -0.4 is 4.90 Å². The summed E-state index contributed by atoms with van der Waals surface area (Å²) >= 11 is 0. The van der Waals surface area contributed by atoms with Crippen LogP contribution >= 0.6 is 0 Å². The Morgan fingerprint density at radius 2 is 2.12 bits per heavy atom. The summed E-state index contributed by atoms with van der Waals surface area (Å²) in [6, 6.07) is 6.31. The Morgan fingerprint density at radius 3 is 2.81 bits per heavy atom. The molecule has 1 heterocycles. The van der Waals surface area contributed by atoms with Crippen LogP contribution in [0.4, 0.5) is 5.69 Å². The van der Waals surface area contributed by atoms with Gasteiger partial charge < -0.3 is 10.0 Å². The fourth-order valence-corrected chi connectivity index (χ4v) is 2.27. The second-order valence-corrected chi connectivity index (χ2v) is 4.55. The molecule has 86 valence electrons. The van der Waals surface area contributed by atoms with Gasteiger partial charge in [-0.05, 0) is 26.3 Å². The molecular weight excluding hydrogens is 198 g/mol. The molecule has 0 atom stereocenters. The highest BCUT2D eigenvalue weighted by molar-refractivity contribution is 5.56. The van der Waals surface area contributed by atoms with Gasteiger partial charge in [-0.1, -0.05) is 29.3 Å². The number of hydrogen-bond acceptors (Lipinski definition) is 2. The summed E-state index contributed by atoms with van der Waals surface area (Å²) in [5, 5.41) is 9.40. The van der Waals surface area contributed by atoms with E-state index in [9.17, 15) is 5.11 Å². The zero-order valence-corrected chi connectivity index (χ0v) is 10.0. The normalized spacial score (nSPS) is 16.2. The highest BCUT2D eigenvalue weighted by Crippen LogP contribution is 2.25. The van der Waals surface area contributed by atoms with E-state index >= 15 is 0 Å². The summed E-state index contributed by atoms with van der Waals surface area (Å²) in [7, 11) is 0. The third-order valence-corrected chi connectivity index (χ3v) is 3.08. The fourth-order valence-electron chi connectivity index (χ4n) is 2.27. The maximum atomic E-state index is 9.40. The molecule has 0 saturated heterocycles. The van der Waals surface area contributed by atoms with Crippen LogP contribution in [0.2, 0.25) is 0 Å².